The lowest BCUT2D eigenvalue weighted by Crippen LogP contribution is -2.40. The number of carbonyl (C=O) groups excluding carboxylic acids is 2. The predicted octanol–water partition coefficient (Wildman–Crippen LogP) is 3.97. The van der Waals surface area contributed by atoms with Crippen LogP contribution in [0.5, 0.6) is 5.75 Å². The molecule has 0 bridgehead atoms. The normalized spacial score (nSPS) is 18.1. The van der Waals surface area contributed by atoms with E-state index >= 15 is 0 Å². The molecule has 3 aliphatic heterocycles. The van der Waals surface area contributed by atoms with Gasteiger partial charge >= 0.3 is 6.09 Å². The monoisotopic (exact) mass is 478 g/mol. The van der Waals surface area contributed by atoms with E-state index in [0.29, 0.717) is 25.2 Å². The first-order valence-electron chi connectivity index (χ1n) is 12.5. The summed E-state index contributed by atoms with van der Waals surface area (Å²) >= 11 is 0. The Morgan fingerprint density at radius 2 is 1.89 bits per heavy atom. The van der Waals surface area contributed by atoms with E-state index in [4.69, 9.17) is 14.5 Å². The Bertz CT molecular complexity index is 1150. The highest BCUT2D eigenvalue weighted by Crippen LogP contribution is 2.29. The first kappa shape index (κ1) is 23.5. The van der Waals surface area contributed by atoms with Gasteiger partial charge in [0.25, 0.3) is 5.91 Å². The SMILES string of the molecule is Cc1cc2c(nc1N1CCC(Oc3ccc4c(c3)CN(C(=O)OC(C)(C)C)CC4)CC1)CNC2=O. The summed E-state index contributed by atoms with van der Waals surface area (Å²) < 4.78 is 11.9. The molecule has 1 saturated heterocycles. The molecule has 0 saturated carbocycles. The molecule has 0 atom stereocenters. The zero-order valence-electron chi connectivity index (χ0n) is 21.0. The van der Waals surface area contributed by atoms with E-state index in [-0.39, 0.29) is 18.1 Å². The van der Waals surface area contributed by atoms with E-state index in [1.807, 2.05) is 39.8 Å². The van der Waals surface area contributed by atoms with Gasteiger partial charge in [-0.15, -0.1) is 0 Å². The smallest absolute Gasteiger partial charge is 0.410 e. The second-order valence-electron chi connectivity index (χ2n) is 10.7. The van der Waals surface area contributed by atoms with Crippen molar-refractivity contribution in [2.24, 2.45) is 0 Å². The Balaban J connectivity index is 1.20. The van der Waals surface area contributed by atoms with Gasteiger partial charge in [-0.05, 0) is 69.0 Å². The Morgan fingerprint density at radius 3 is 2.63 bits per heavy atom. The number of nitrogens with zero attached hydrogens (tertiary/aromatic N) is 3. The molecule has 8 heteroatoms. The molecule has 1 aromatic carbocycles. The highest BCUT2D eigenvalue weighted by atomic mass is 16.6. The summed E-state index contributed by atoms with van der Waals surface area (Å²) in [5.74, 6) is 1.79. The lowest BCUT2D eigenvalue weighted by atomic mass is 9.99. The molecule has 0 spiro atoms. The fraction of sp³-hybridized carbons (Fsp3) is 0.519. The fourth-order valence-electron chi connectivity index (χ4n) is 5.02. The van der Waals surface area contributed by atoms with Crippen LogP contribution in [0.1, 0.15) is 66.4 Å². The van der Waals surface area contributed by atoms with Gasteiger partial charge in [0.05, 0.1) is 17.8 Å². The minimum absolute atomic E-state index is 0.0338. The Morgan fingerprint density at radius 1 is 1.11 bits per heavy atom. The van der Waals surface area contributed by atoms with Gasteiger partial charge in [0.15, 0.2) is 0 Å². The highest BCUT2D eigenvalue weighted by molar-refractivity contribution is 5.98. The summed E-state index contributed by atoms with van der Waals surface area (Å²) in [5.41, 5.74) is 4.45. The Hall–Kier alpha value is -3.29. The molecule has 0 radical (unpaired) electrons. The molecular weight excluding hydrogens is 444 g/mol. The molecule has 4 heterocycles. The number of carbonyl (C=O) groups is 2. The number of hydrogen-bond donors (Lipinski definition) is 1. The standard InChI is InChI=1S/C27H34N4O4/c1-17-13-22-23(15-28-25(22)32)29-24(17)30-11-8-20(9-12-30)34-21-6-5-18-7-10-31(16-19(18)14-21)26(33)35-27(2,3)4/h5-6,13-14,20H,7-12,15-16H2,1-4H3,(H,28,32). The van der Waals surface area contributed by atoms with Crippen molar-refractivity contribution in [3.63, 3.8) is 0 Å². The predicted molar refractivity (Wildman–Crippen MR) is 133 cm³/mol. The van der Waals surface area contributed by atoms with Crippen molar-refractivity contribution in [2.75, 3.05) is 24.5 Å². The molecule has 2 aromatic rings. The molecule has 2 amide bonds. The molecule has 1 fully saturated rings. The summed E-state index contributed by atoms with van der Waals surface area (Å²) in [6.45, 7) is 11.1. The van der Waals surface area contributed by atoms with Gasteiger partial charge in [0.1, 0.15) is 23.3 Å². The van der Waals surface area contributed by atoms with E-state index < -0.39 is 5.60 Å². The van der Waals surface area contributed by atoms with E-state index in [0.717, 1.165) is 60.7 Å². The van der Waals surface area contributed by atoms with Gasteiger partial charge in [0.2, 0.25) is 0 Å². The zero-order valence-corrected chi connectivity index (χ0v) is 21.0. The second kappa shape index (κ2) is 9.06. The van der Waals surface area contributed by atoms with E-state index in [1.54, 1.807) is 4.90 Å². The maximum absolute atomic E-state index is 12.5. The summed E-state index contributed by atoms with van der Waals surface area (Å²) in [7, 11) is 0. The van der Waals surface area contributed by atoms with Crippen LogP contribution in [0.15, 0.2) is 24.3 Å². The number of ether oxygens (including phenoxy) is 2. The minimum Gasteiger partial charge on any atom is -0.490 e. The molecule has 0 aliphatic carbocycles. The number of anilines is 1. The Labute approximate surface area is 206 Å². The average Bonchev–Trinajstić information content (AvgIpc) is 3.17. The minimum atomic E-state index is -0.501. The van der Waals surface area contributed by atoms with Gasteiger partial charge in [0, 0.05) is 39.0 Å². The average molecular weight is 479 g/mol. The first-order chi connectivity index (χ1) is 16.7. The van der Waals surface area contributed by atoms with Gasteiger partial charge in [-0.1, -0.05) is 6.07 Å². The second-order valence-corrected chi connectivity index (χ2v) is 10.7. The van der Waals surface area contributed by atoms with E-state index in [9.17, 15) is 9.59 Å². The summed E-state index contributed by atoms with van der Waals surface area (Å²) in [5, 5.41) is 2.85. The lowest BCUT2D eigenvalue weighted by molar-refractivity contribution is 0.0223. The van der Waals surface area contributed by atoms with E-state index in [1.165, 1.54) is 5.56 Å². The van der Waals surface area contributed by atoms with Crippen LogP contribution in [0, 0.1) is 6.92 Å². The number of nitrogens with one attached hydrogen (secondary N) is 1. The van der Waals surface area contributed by atoms with Crippen LogP contribution in [-0.4, -0.2) is 53.2 Å². The van der Waals surface area contributed by atoms with Crippen LogP contribution >= 0.6 is 0 Å². The quantitative estimate of drug-likeness (QED) is 0.719. The number of aryl methyl sites for hydroxylation is 1. The zero-order chi connectivity index (χ0) is 24.7. The maximum atomic E-state index is 12.5. The third-order valence-electron chi connectivity index (χ3n) is 6.81. The van der Waals surface area contributed by atoms with Crippen LogP contribution in [0.25, 0.3) is 0 Å². The summed E-state index contributed by atoms with van der Waals surface area (Å²) in [6, 6.07) is 8.20. The largest absolute Gasteiger partial charge is 0.490 e. The molecule has 1 N–H and O–H groups in total. The molecule has 0 unspecified atom stereocenters. The molecular formula is C27H34N4O4. The van der Waals surface area contributed by atoms with Crippen LogP contribution in [0.4, 0.5) is 10.6 Å². The van der Waals surface area contributed by atoms with Crippen molar-refractivity contribution in [3.05, 3.63) is 52.2 Å². The van der Waals surface area contributed by atoms with Crippen LogP contribution in [0.3, 0.4) is 0 Å². The highest BCUT2D eigenvalue weighted by Gasteiger charge is 2.28. The van der Waals surface area contributed by atoms with Crippen molar-refractivity contribution >= 4 is 17.8 Å². The number of benzene rings is 1. The number of pyridine rings is 1. The number of amides is 2. The number of rotatable bonds is 3. The molecule has 8 nitrogen and oxygen atoms in total. The van der Waals surface area contributed by atoms with Crippen molar-refractivity contribution in [1.82, 2.24) is 15.2 Å². The van der Waals surface area contributed by atoms with Crippen molar-refractivity contribution in [2.45, 2.75) is 71.8 Å². The van der Waals surface area contributed by atoms with Gasteiger partial charge in [-0.3, -0.25) is 4.79 Å². The van der Waals surface area contributed by atoms with Crippen LogP contribution < -0.4 is 15.0 Å². The fourth-order valence-corrected chi connectivity index (χ4v) is 5.02. The number of fused-ring (bicyclic) bond motifs is 2. The number of hydrogen-bond acceptors (Lipinski definition) is 6. The topological polar surface area (TPSA) is 84.0 Å². The molecule has 5 rings (SSSR count). The van der Waals surface area contributed by atoms with Gasteiger partial charge < -0.3 is 24.6 Å². The van der Waals surface area contributed by atoms with E-state index in [2.05, 4.69) is 22.3 Å². The lowest BCUT2D eigenvalue weighted by Gasteiger charge is -2.34. The maximum Gasteiger partial charge on any atom is 0.410 e. The van der Waals surface area contributed by atoms with Crippen molar-refractivity contribution in [3.8, 4) is 5.75 Å². The molecule has 3 aliphatic rings. The first-order valence-corrected chi connectivity index (χ1v) is 12.5. The van der Waals surface area contributed by atoms with Gasteiger partial charge in [-0.25, -0.2) is 9.78 Å². The van der Waals surface area contributed by atoms with Crippen molar-refractivity contribution in [1.29, 1.82) is 0 Å². The summed E-state index contributed by atoms with van der Waals surface area (Å²) in [6.07, 6.45) is 2.49. The third kappa shape index (κ3) is 5.06. The summed E-state index contributed by atoms with van der Waals surface area (Å²) in [4.78, 5) is 33.3. The third-order valence-corrected chi connectivity index (χ3v) is 6.81. The number of aromatic nitrogens is 1. The molecule has 186 valence electrons. The van der Waals surface area contributed by atoms with Gasteiger partial charge in [-0.2, -0.15) is 0 Å². The van der Waals surface area contributed by atoms with Crippen molar-refractivity contribution < 1.29 is 19.1 Å². The molecule has 35 heavy (non-hydrogen) atoms. The Kier molecular flexibility index (Phi) is 6.07. The molecule has 1 aromatic heterocycles. The van der Waals surface area contributed by atoms with Crippen LogP contribution in [0.2, 0.25) is 0 Å². The number of piperidine rings is 1. The van der Waals surface area contributed by atoms with Crippen LogP contribution in [-0.2, 0) is 24.2 Å².